The molecule has 3 nitrogen and oxygen atoms in total. The summed E-state index contributed by atoms with van der Waals surface area (Å²) >= 11 is 0. The molecule has 0 amide bonds. The normalized spacial score (nSPS) is 23.5. The number of hydrogen-bond acceptors (Lipinski definition) is 2. The van der Waals surface area contributed by atoms with Crippen LogP contribution in [0.25, 0.3) is 0 Å². The van der Waals surface area contributed by atoms with Crippen molar-refractivity contribution in [2.24, 2.45) is 0 Å². The van der Waals surface area contributed by atoms with Gasteiger partial charge in [0.15, 0.2) is 0 Å². The van der Waals surface area contributed by atoms with Gasteiger partial charge in [0.25, 0.3) is 0 Å². The molecule has 22 heavy (non-hydrogen) atoms. The lowest BCUT2D eigenvalue weighted by Gasteiger charge is -2.38. The largest absolute Gasteiger partial charge is 0.487 e. The van der Waals surface area contributed by atoms with Crippen molar-refractivity contribution in [1.82, 2.24) is 0 Å². The summed E-state index contributed by atoms with van der Waals surface area (Å²) in [6, 6.07) is 13.8. The van der Waals surface area contributed by atoms with E-state index in [1.165, 1.54) is 18.2 Å². The van der Waals surface area contributed by atoms with Crippen molar-refractivity contribution in [2.45, 2.75) is 31.3 Å². The summed E-state index contributed by atoms with van der Waals surface area (Å²) in [6.07, 6.45) is 0.934. The van der Waals surface area contributed by atoms with Crippen LogP contribution in [0.15, 0.2) is 48.5 Å². The molecular formula is C18H17FO3. The number of carboxylic acids is 1. The number of carbonyl (C=O) groups is 1. The van der Waals surface area contributed by atoms with Crippen LogP contribution >= 0.6 is 0 Å². The topological polar surface area (TPSA) is 46.5 Å². The smallest absolute Gasteiger partial charge is 0.311 e. The van der Waals surface area contributed by atoms with Gasteiger partial charge in [0.05, 0.1) is 5.92 Å². The Bertz CT molecular complexity index is 699. The van der Waals surface area contributed by atoms with Gasteiger partial charge >= 0.3 is 5.97 Å². The predicted molar refractivity (Wildman–Crippen MR) is 80.6 cm³/mol. The minimum absolute atomic E-state index is 0.331. The molecule has 0 aliphatic carbocycles. The van der Waals surface area contributed by atoms with Crippen molar-refractivity contribution in [2.75, 3.05) is 0 Å². The molecule has 2 aromatic rings. The van der Waals surface area contributed by atoms with E-state index in [1.807, 2.05) is 37.3 Å². The standard InChI is InChI=1S/C18H17FO3/c1-18(10-12-5-3-2-4-6-12)11-15(17(20)21)14-8-7-13(19)9-16(14)22-18/h2-9,15H,10-11H2,1H3,(H,20,21). The maximum Gasteiger partial charge on any atom is 0.311 e. The summed E-state index contributed by atoms with van der Waals surface area (Å²) in [5.74, 6) is -1.68. The number of rotatable bonds is 3. The van der Waals surface area contributed by atoms with Crippen LogP contribution < -0.4 is 4.74 Å². The van der Waals surface area contributed by atoms with Crippen molar-refractivity contribution < 1.29 is 19.0 Å². The van der Waals surface area contributed by atoms with Crippen LogP contribution in [-0.4, -0.2) is 16.7 Å². The molecule has 0 radical (unpaired) electrons. The molecule has 1 heterocycles. The predicted octanol–water partition coefficient (Wildman–Crippen LogP) is 3.78. The van der Waals surface area contributed by atoms with E-state index in [1.54, 1.807) is 0 Å². The first-order valence-electron chi connectivity index (χ1n) is 7.22. The van der Waals surface area contributed by atoms with Gasteiger partial charge in [0.1, 0.15) is 17.2 Å². The average molecular weight is 300 g/mol. The van der Waals surface area contributed by atoms with Crippen molar-refractivity contribution in [3.63, 3.8) is 0 Å². The van der Waals surface area contributed by atoms with E-state index in [9.17, 15) is 14.3 Å². The van der Waals surface area contributed by atoms with Gasteiger partial charge in [0, 0.05) is 24.5 Å². The van der Waals surface area contributed by atoms with Crippen molar-refractivity contribution in [3.05, 3.63) is 65.5 Å². The highest BCUT2D eigenvalue weighted by atomic mass is 19.1. The summed E-state index contributed by atoms with van der Waals surface area (Å²) < 4.78 is 19.5. The molecule has 0 aromatic heterocycles. The zero-order chi connectivity index (χ0) is 15.7. The van der Waals surface area contributed by atoms with Gasteiger partial charge in [-0.2, -0.15) is 0 Å². The Hall–Kier alpha value is -2.36. The minimum atomic E-state index is -0.907. The van der Waals surface area contributed by atoms with Crippen LogP contribution in [0.4, 0.5) is 4.39 Å². The van der Waals surface area contributed by atoms with Crippen LogP contribution in [0.2, 0.25) is 0 Å². The van der Waals surface area contributed by atoms with Gasteiger partial charge in [-0.05, 0) is 18.6 Å². The Labute approximate surface area is 128 Å². The first kappa shape index (κ1) is 14.6. The Morgan fingerprint density at radius 3 is 2.73 bits per heavy atom. The Balaban J connectivity index is 1.96. The molecule has 0 saturated heterocycles. The SMILES string of the molecule is CC1(Cc2ccccc2)CC(C(=O)O)c2ccc(F)cc2O1. The number of carboxylic acid groups (broad SMARTS) is 1. The lowest BCUT2D eigenvalue weighted by Crippen LogP contribution is -2.42. The van der Waals surface area contributed by atoms with Gasteiger partial charge in [-0.25, -0.2) is 4.39 Å². The number of fused-ring (bicyclic) bond motifs is 1. The molecule has 0 spiro atoms. The molecule has 1 aliphatic heterocycles. The number of ether oxygens (including phenoxy) is 1. The number of benzene rings is 2. The maximum absolute atomic E-state index is 13.5. The van der Waals surface area contributed by atoms with Gasteiger partial charge in [-0.1, -0.05) is 36.4 Å². The van der Waals surface area contributed by atoms with Gasteiger partial charge in [-0.15, -0.1) is 0 Å². The second kappa shape index (κ2) is 5.44. The Kier molecular flexibility index (Phi) is 3.61. The summed E-state index contributed by atoms with van der Waals surface area (Å²) in [5.41, 5.74) is 0.930. The highest BCUT2D eigenvalue weighted by Gasteiger charge is 2.40. The Morgan fingerprint density at radius 2 is 2.05 bits per heavy atom. The first-order chi connectivity index (χ1) is 10.5. The van der Waals surface area contributed by atoms with Crippen molar-refractivity contribution in [3.8, 4) is 5.75 Å². The number of halogens is 1. The minimum Gasteiger partial charge on any atom is -0.487 e. The maximum atomic E-state index is 13.5. The van der Waals surface area contributed by atoms with Gasteiger partial charge in [-0.3, -0.25) is 4.79 Å². The lowest BCUT2D eigenvalue weighted by atomic mass is 9.80. The van der Waals surface area contributed by atoms with E-state index < -0.39 is 23.3 Å². The third-order valence-corrected chi connectivity index (χ3v) is 4.06. The fourth-order valence-corrected chi connectivity index (χ4v) is 3.09. The van der Waals surface area contributed by atoms with Crippen LogP contribution in [0.5, 0.6) is 5.75 Å². The van der Waals surface area contributed by atoms with E-state index in [4.69, 9.17) is 4.74 Å². The lowest BCUT2D eigenvalue weighted by molar-refractivity contribution is -0.141. The zero-order valence-corrected chi connectivity index (χ0v) is 12.3. The summed E-state index contributed by atoms with van der Waals surface area (Å²) in [4.78, 5) is 11.6. The van der Waals surface area contributed by atoms with E-state index in [2.05, 4.69) is 0 Å². The van der Waals surface area contributed by atoms with E-state index >= 15 is 0 Å². The Morgan fingerprint density at radius 1 is 1.32 bits per heavy atom. The summed E-state index contributed by atoms with van der Waals surface area (Å²) in [5, 5.41) is 9.50. The van der Waals surface area contributed by atoms with E-state index in [0.29, 0.717) is 24.2 Å². The number of hydrogen-bond donors (Lipinski definition) is 1. The molecule has 2 aromatic carbocycles. The average Bonchev–Trinajstić information content (AvgIpc) is 2.46. The fourth-order valence-electron chi connectivity index (χ4n) is 3.09. The molecule has 1 N–H and O–H groups in total. The van der Waals surface area contributed by atoms with Crippen molar-refractivity contribution >= 4 is 5.97 Å². The van der Waals surface area contributed by atoms with Gasteiger partial charge in [0.2, 0.25) is 0 Å². The third kappa shape index (κ3) is 2.82. The molecule has 2 atom stereocenters. The molecule has 3 rings (SSSR count). The summed E-state index contributed by atoms with van der Waals surface area (Å²) in [7, 11) is 0. The van der Waals surface area contributed by atoms with Gasteiger partial charge < -0.3 is 9.84 Å². The third-order valence-electron chi connectivity index (χ3n) is 4.06. The molecule has 0 saturated carbocycles. The molecular weight excluding hydrogens is 283 g/mol. The molecule has 114 valence electrons. The molecule has 4 heteroatoms. The van der Waals surface area contributed by atoms with E-state index in [-0.39, 0.29) is 0 Å². The zero-order valence-electron chi connectivity index (χ0n) is 12.3. The summed E-state index contributed by atoms with van der Waals surface area (Å²) in [6.45, 7) is 1.88. The van der Waals surface area contributed by atoms with Crippen LogP contribution in [0.1, 0.15) is 30.4 Å². The van der Waals surface area contributed by atoms with Crippen LogP contribution in [0.3, 0.4) is 0 Å². The molecule has 0 fully saturated rings. The second-order valence-corrected chi connectivity index (χ2v) is 5.99. The first-order valence-corrected chi connectivity index (χ1v) is 7.22. The molecule has 1 aliphatic rings. The second-order valence-electron chi connectivity index (χ2n) is 5.99. The van der Waals surface area contributed by atoms with Crippen molar-refractivity contribution in [1.29, 1.82) is 0 Å². The fraction of sp³-hybridized carbons (Fsp3) is 0.278. The highest BCUT2D eigenvalue weighted by Crippen LogP contribution is 2.42. The van der Waals surface area contributed by atoms with Crippen LogP contribution in [0, 0.1) is 5.82 Å². The number of aliphatic carboxylic acids is 1. The van der Waals surface area contributed by atoms with Crippen LogP contribution in [-0.2, 0) is 11.2 Å². The molecule has 0 bridgehead atoms. The highest BCUT2D eigenvalue weighted by molar-refractivity contribution is 5.78. The quantitative estimate of drug-likeness (QED) is 0.938. The van der Waals surface area contributed by atoms with E-state index in [0.717, 1.165) is 5.56 Å². The molecule has 2 unspecified atom stereocenters. The monoisotopic (exact) mass is 300 g/mol.